The highest BCUT2D eigenvalue weighted by atomic mass is 16.5. The van der Waals surface area contributed by atoms with Gasteiger partial charge in [-0.25, -0.2) is 14.8 Å². The largest absolute Gasteiger partial charge is 0.481 e. The molecule has 4 rings (SSSR count). The van der Waals surface area contributed by atoms with E-state index in [2.05, 4.69) is 27.1 Å². The molecule has 0 bridgehead atoms. The van der Waals surface area contributed by atoms with E-state index in [9.17, 15) is 4.79 Å². The van der Waals surface area contributed by atoms with Crippen molar-refractivity contribution in [2.75, 3.05) is 18.6 Å². The van der Waals surface area contributed by atoms with Gasteiger partial charge in [0.1, 0.15) is 5.82 Å². The highest BCUT2D eigenvalue weighted by Crippen LogP contribution is 2.30. The van der Waals surface area contributed by atoms with Gasteiger partial charge in [0, 0.05) is 59.7 Å². The fourth-order valence-electron chi connectivity index (χ4n) is 3.26. The molecule has 2 N–H and O–H groups in total. The van der Waals surface area contributed by atoms with E-state index in [0.29, 0.717) is 18.2 Å². The molecule has 1 aliphatic rings. The van der Waals surface area contributed by atoms with Crippen LogP contribution in [0.1, 0.15) is 12.0 Å². The molecule has 1 aliphatic heterocycles. The number of carbonyl (C=O) groups excluding carboxylic acids is 1. The van der Waals surface area contributed by atoms with Crippen molar-refractivity contribution in [3.8, 4) is 28.1 Å². The summed E-state index contributed by atoms with van der Waals surface area (Å²) in [5, 5.41) is 0. The molecular weight excluding hydrogens is 342 g/mol. The number of aromatic nitrogens is 3. The molecule has 7 nitrogen and oxygen atoms in total. The Morgan fingerprint density at radius 3 is 2.48 bits per heavy atom. The summed E-state index contributed by atoms with van der Waals surface area (Å²) in [7, 11) is 1.59. The van der Waals surface area contributed by atoms with E-state index in [1.54, 1.807) is 31.9 Å². The third kappa shape index (κ3) is 3.31. The fourth-order valence-corrected chi connectivity index (χ4v) is 3.26. The van der Waals surface area contributed by atoms with Crippen LogP contribution in [0.4, 0.5) is 10.6 Å². The third-order valence-electron chi connectivity index (χ3n) is 4.64. The predicted molar refractivity (Wildman–Crippen MR) is 103 cm³/mol. The SMILES string of the molecule is COc1ccc(-c2cncc(-c3cnc4c(c3)CCCN4C(N)=O)c2)cn1. The van der Waals surface area contributed by atoms with Crippen molar-refractivity contribution in [3.05, 3.63) is 54.6 Å². The lowest BCUT2D eigenvalue weighted by molar-refractivity contribution is 0.253. The van der Waals surface area contributed by atoms with Crippen molar-refractivity contribution in [1.82, 2.24) is 15.0 Å². The lowest BCUT2D eigenvalue weighted by Gasteiger charge is -2.26. The minimum atomic E-state index is -0.466. The van der Waals surface area contributed by atoms with Crippen LogP contribution in [0.5, 0.6) is 5.88 Å². The van der Waals surface area contributed by atoms with E-state index < -0.39 is 6.03 Å². The van der Waals surface area contributed by atoms with Crippen molar-refractivity contribution < 1.29 is 9.53 Å². The van der Waals surface area contributed by atoms with E-state index in [1.165, 1.54) is 4.90 Å². The summed E-state index contributed by atoms with van der Waals surface area (Å²) in [4.78, 5) is 26.2. The van der Waals surface area contributed by atoms with Crippen molar-refractivity contribution in [3.63, 3.8) is 0 Å². The summed E-state index contributed by atoms with van der Waals surface area (Å²) in [5.74, 6) is 1.22. The van der Waals surface area contributed by atoms with Gasteiger partial charge in [-0.2, -0.15) is 0 Å². The number of anilines is 1. The highest BCUT2D eigenvalue weighted by molar-refractivity contribution is 5.91. The summed E-state index contributed by atoms with van der Waals surface area (Å²) < 4.78 is 5.10. The molecule has 4 heterocycles. The first-order chi connectivity index (χ1) is 13.2. The minimum Gasteiger partial charge on any atom is -0.481 e. The number of nitrogens with two attached hydrogens (primary N) is 1. The van der Waals surface area contributed by atoms with Gasteiger partial charge in [-0.15, -0.1) is 0 Å². The Balaban J connectivity index is 1.69. The van der Waals surface area contributed by atoms with E-state index >= 15 is 0 Å². The second kappa shape index (κ2) is 7.03. The normalized spacial score (nSPS) is 13.1. The molecule has 0 saturated heterocycles. The number of urea groups is 1. The summed E-state index contributed by atoms with van der Waals surface area (Å²) in [5.41, 5.74) is 10.3. The summed E-state index contributed by atoms with van der Waals surface area (Å²) >= 11 is 0. The molecule has 2 amide bonds. The Morgan fingerprint density at radius 1 is 1.04 bits per heavy atom. The lowest BCUT2D eigenvalue weighted by Crippen LogP contribution is -2.40. The maximum absolute atomic E-state index is 11.6. The number of aryl methyl sites for hydroxylation is 1. The van der Waals surface area contributed by atoms with E-state index in [-0.39, 0.29) is 0 Å². The molecule has 3 aromatic heterocycles. The average molecular weight is 361 g/mol. The number of carbonyl (C=O) groups is 1. The monoisotopic (exact) mass is 361 g/mol. The molecule has 0 unspecified atom stereocenters. The molecule has 3 aromatic rings. The van der Waals surface area contributed by atoms with Crippen LogP contribution < -0.4 is 15.4 Å². The second-order valence-corrected chi connectivity index (χ2v) is 6.35. The third-order valence-corrected chi connectivity index (χ3v) is 4.64. The topological polar surface area (TPSA) is 94.2 Å². The molecule has 0 fully saturated rings. The quantitative estimate of drug-likeness (QED) is 0.774. The molecule has 0 aliphatic carbocycles. The zero-order valence-electron chi connectivity index (χ0n) is 14.9. The Morgan fingerprint density at radius 2 is 1.78 bits per heavy atom. The first-order valence-electron chi connectivity index (χ1n) is 8.67. The Labute approximate surface area is 156 Å². The molecule has 0 radical (unpaired) electrons. The first-order valence-corrected chi connectivity index (χ1v) is 8.67. The predicted octanol–water partition coefficient (Wildman–Crippen LogP) is 3.05. The van der Waals surface area contributed by atoms with Gasteiger partial charge in [0.25, 0.3) is 0 Å². The summed E-state index contributed by atoms with van der Waals surface area (Å²) in [6.45, 7) is 0.607. The molecule has 0 saturated carbocycles. The van der Waals surface area contributed by atoms with Gasteiger partial charge in [-0.05, 0) is 36.6 Å². The van der Waals surface area contributed by atoms with Crippen LogP contribution >= 0.6 is 0 Å². The molecular formula is C20H19N5O2. The van der Waals surface area contributed by atoms with E-state index in [1.807, 2.05) is 12.1 Å². The van der Waals surface area contributed by atoms with Crippen molar-refractivity contribution >= 4 is 11.8 Å². The second-order valence-electron chi connectivity index (χ2n) is 6.35. The van der Waals surface area contributed by atoms with E-state index in [4.69, 9.17) is 10.5 Å². The molecule has 0 atom stereocenters. The summed E-state index contributed by atoms with van der Waals surface area (Å²) in [6.07, 6.45) is 8.86. The standard InChI is InChI=1S/C20H19N5O2/c1-27-18-5-4-14(11-23-18)15-8-16(10-22-9-15)17-7-13-3-2-6-25(20(21)26)19(13)24-12-17/h4-5,7-12H,2-3,6H2,1H3,(H2,21,26). The van der Waals surface area contributed by atoms with Gasteiger partial charge in [-0.3, -0.25) is 9.88 Å². The van der Waals surface area contributed by atoms with Gasteiger partial charge in [0.15, 0.2) is 0 Å². The number of amides is 2. The van der Waals surface area contributed by atoms with Crippen LogP contribution in [-0.4, -0.2) is 34.6 Å². The van der Waals surface area contributed by atoms with Gasteiger partial charge in [-0.1, -0.05) is 0 Å². The number of pyridine rings is 3. The molecule has 136 valence electrons. The lowest BCUT2D eigenvalue weighted by atomic mass is 9.99. The Kier molecular flexibility index (Phi) is 4.42. The first kappa shape index (κ1) is 17.0. The highest BCUT2D eigenvalue weighted by Gasteiger charge is 2.22. The fraction of sp³-hybridized carbons (Fsp3) is 0.200. The van der Waals surface area contributed by atoms with Crippen molar-refractivity contribution in [1.29, 1.82) is 0 Å². The Hall–Kier alpha value is -3.48. The number of hydrogen-bond acceptors (Lipinski definition) is 5. The number of methoxy groups -OCH3 is 1. The number of ether oxygens (including phenoxy) is 1. The van der Waals surface area contributed by atoms with Crippen LogP contribution in [0.25, 0.3) is 22.3 Å². The maximum atomic E-state index is 11.6. The smallest absolute Gasteiger partial charge is 0.320 e. The van der Waals surface area contributed by atoms with Crippen LogP contribution in [0.2, 0.25) is 0 Å². The number of hydrogen-bond donors (Lipinski definition) is 1. The van der Waals surface area contributed by atoms with Crippen LogP contribution in [0.15, 0.2) is 49.1 Å². The Bertz CT molecular complexity index is 988. The number of fused-ring (bicyclic) bond motifs is 1. The molecule has 27 heavy (non-hydrogen) atoms. The van der Waals surface area contributed by atoms with Gasteiger partial charge in [0.05, 0.1) is 7.11 Å². The number of nitrogens with zero attached hydrogens (tertiary/aromatic N) is 4. The molecule has 0 aromatic carbocycles. The van der Waals surface area contributed by atoms with Crippen LogP contribution in [0, 0.1) is 0 Å². The van der Waals surface area contributed by atoms with Crippen LogP contribution in [-0.2, 0) is 6.42 Å². The maximum Gasteiger partial charge on any atom is 0.320 e. The van der Waals surface area contributed by atoms with Crippen molar-refractivity contribution in [2.24, 2.45) is 5.73 Å². The van der Waals surface area contributed by atoms with Gasteiger partial charge in [0.2, 0.25) is 5.88 Å². The molecule has 0 spiro atoms. The van der Waals surface area contributed by atoms with Crippen molar-refractivity contribution in [2.45, 2.75) is 12.8 Å². The van der Waals surface area contributed by atoms with Gasteiger partial charge < -0.3 is 10.5 Å². The van der Waals surface area contributed by atoms with Crippen LogP contribution in [0.3, 0.4) is 0 Å². The minimum absolute atomic E-state index is 0.466. The average Bonchev–Trinajstić information content (AvgIpc) is 2.73. The number of rotatable bonds is 3. The summed E-state index contributed by atoms with van der Waals surface area (Å²) in [6, 6.07) is 7.41. The zero-order chi connectivity index (χ0) is 18.8. The van der Waals surface area contributed by atoms with Gasteiger partial charge >= 0.3 is 6.03 Å². The number of primary amides is 1. The molecule has 7 heteroatoms. The zero-order valence-corrected chi connectivity index (χ0v) is 14.9. The van der Waals surface area contributed by atoms with E-state index in [0.717, 1.165) is 40.7 Å².